The lowest BCUT2D eigenvalue weighted by atomic mass is 10.2. The Balaban J connectivity index is 1.94. The first-order valence-electron chi connectivity index (χ1n) is 5.73. The molecule has 0 aromatic heterocycles. The first-order valence-corrected chi connectivity index (χ1v) is 6.11. The molecule has 18 heavy (non-hydrogen) atoms. The van der Waals surface area contributed by atoms with Crippen molar-refractivity contribution in [1.82, 2.24) is 5.32 Å². The van der Waals surface area contributed by atoms with Crippen LogP contribution in [0.2, 0.25) is 5.02 Å². The summed E-state index contributed by atoms with van der Waals surface area (Å²) in [4.78, 5) is 11.7. The Morgan fingerprint density at radius 1 is 1.61 bits per heavy atom. The normalized spacial score (nSPS) is 19.6. The maximum absolute atomic E-state index is 13.4. The molecule has 0 bridgehead atoms. The standard InChI is InChI=1S/C12H14ClFN2O2/c13-9-2-1-3-10(14)12(9)16-11(17)6-8-7-15-4-5-18-8/h1-3,8,15H,4-7H2,(H,16,17). The molecule has 1 heterocycles. The molecule has 4 nitrogen and oxygen atoms in total. The molecular formula is C12H14ClFN2O2. The van der Waals surface area contributed by atoms with Crippen LogP contribution in [0.15, 0.2) is 18.2 Å². The molecule has 1 aromatic carbocycles. The first kappa shape index (κ1) is 13.3. The van der Waals surface area contributed by atoms with Crippen molar-refractivity contribution in [2.45, 2.75) is 12.5 Å². The molecular weight excluding hydrogens is 259 g/mol. The number of carbonyl (C=O) groups excluding carboxylic acids is 1. The summed E-state index contributed by atoms with van der Waals surface area (Å²) in [6.07, 6.45) is 0.00166. The molecule has 1 aliphatic heterocycles. The van der Waals surface area contributed by atoms with E-state index >= 15 is 0 Å². The largest absolute Gasteiger partial charge is 0.375 e. The van der Waals surface area contributed by atoms with E-state index in [1.807, 2.05) is 0 Å². The van der Waals surface area contributed by atoms with Gasteiger partial charge in [0.1, 0.15) is 5.82 Å². The van der Waals surface area contributed by atoms with Gasteiger partial charge in [0, 0.05) is 13.1 Å². The number of hydrogen-bond donors (Lipinski definition) is 2. The van der Waals surface area contributed by atoms with Crippen molar-refractivity contribution >= 4 is 23.2 Å². The van der Waals surface area contributed by atoms with Crippen LogP contribution in [0.5, 0.6) is 0 Å². The summed E-state index contributed by atoms with van der Waals surface area (Å²) in [5.74, 6) is -0.853. The van der Waals surface area contributed by atoms with Gasteiger partial charge in [0.05, 0.1) is 29.8 Å². The number of nitrogens with one attached hydrogen (secondary N) is 2. The monoisotopic (exact) mass is 272 g/mol. The van der Waals surface area contributed by atoms with Gasteiger partial charge in [0.25, 0.3) is 0 Å². The zero-order chi connectivity index (χ0) is 13.0. The average Bonchev–Trinajstić information content (AvgIpc) is 2.35. The van der Waals surface area contributed by atoms with Gasteiger partial charge in [-0.1, -0.05) is 17.7 Å². The van der Waals surface area contributed by atoms with Crippen molar-refractivity contribution in [1.29, 1.82) is 0 Å². The molecule has 1 atom stereocenters. The van der Waals surface area contributed by atoms with E-state index in [1.54, 1.807) is 0 Å². The van der Waals surface area contributed by atoms with Gasteiger partial charge in [-0.2, -0.15) is 0 Å². The Kier molecular flexibility index (Phi) is 4.52. The molecule has 1 aromatic rings. The number of ether oxygens (including phenoxy) is 1. The lowest BCUT2D eigenvalue weighted by Gasteiger charge is -2.23. The van der Waals surface area contributed by atoms with E-state index in [2.05, 4.69) is 10.6 Å². The third-order valence-corrected chi connectivity index (χ3v) is 2.96. The Morgan fingerprint density at radius 3 is 3.11 bits per heavy atom. The van der Waals surface area contributed by atoms with Gasteiger partial charge in [-0.05, 0) is 12.1 Å². The quantitative estimate of drug-likeness (QED) is 0.882. The maximum atomic E-state index is 13.4. The summed E-state index contributed by atoms with van der Waals surface area (Å²) in [5.41, 5.74) is 0.0212. The third-order valence-electron chi connectivity index (χ3n) is 2.64. The van der Waals surface area contributed by atoms with E-state index in [0.717, 1.165) is 6.54 Å². The van der Waals surface area contributed by atoms with Crippen molar-refractivity contribution < 1.29 is 13.9 Å². The van der Waals surface area contributed by atoms with Crippen LogP contribution in [-0.2, 0) is 9.53 Å². The summed E-state index contributed by atoms with van der Waals surface area (Å²) in [5, 5.41) is 5.78. The molecule has 1 fully saturated rings. The van der Waals surface area contributed by atoms with E-state index in [4.69, 9.17) is 16.3 Å². The topological polar surface area (TPSA) is 50.4 Å². The lowest BCUT2D eigenvalue weighted by molar-refractivity contribution is -0.119. The number of para-hydroxylation sites is 1. The summed E-state index contributed by atoms with van der Waals surface area (Å²) in [6.45, 7) is 1.99. The number of benzene rings is 1. The van der Waals surface area contributed by atoms with Gasteiger partial charge >= 0.3 is 0 Å². The molecule has 6 heteroatoms. The van der Waals surface area contributed by atoms with Crippen LogP contribution in [0.25, 0.3) is 0 Å². The van der Waals surface area contributed by atoms with Gasteiger partial charge in [-0.25, -0.2) is 4.39 Å². The Morgan fingerprint density at radius 2 is 2.44 bits per heavy atom. The SMILES string of the molecule is O=C(CC1CNCCO1)Nc1c(F)cccc1Cl. The van der Waals surface area contributed by atoms with Gasteiger partial charge in [0.2, 0.25) is 5.91 Å². The molecule has 0 radical (unpaired) electrons. The van der Waals surface area contributed by atoms with Gasteiger partial charge < -0.3 is 15.4 Å². The highest BCUT2D eigenvalue weighted by molar-refractivity contribution is 6.33. The van der Waals surface area contributed by atoms with Crippen molar-refractivity contribution in [3.63, 3.8) is 0 Å². The number of anilines is 1. The molecule has 98 valence electrons. The van der Waals surface area contributed by atoms with Gasteiger partial charge in [-0.15, -0.1) is 0 Å². The minimum atomic E-state index is -0.543. The lowest BCUT2D eigenvalue weighted by Crippen LogP contribution is -2.40. The summed E-state index contributed by atoms with van der Waals surface area (Å²) in [6, 6.07) is 4.26. The molecule has 2 rings (SSSR count). The van der Waals surface area contributed by atoms with E-state index in [1.165, 1.54) is 18.2 Å². The number of amides is 1. The molecule has 1 unspecified atom stereocenters. The Labute approximate surface area is 109 Å². The van der Waals surface area contributed by atoms with Gasteiger partial charge in [-0.3, -0.25) is 4.79 Å². The number of morpholine rings is 1. The molecule has 0 spiro atoms. The zero-order valence-electron chi connectivity index (χ0n) is 9.71. The smallest absolute Gasteiger partial charge is 0.227 e. The molecule has 0 saturated carbocycles. The van der Waals surface area contributed by atoms with E-state index in [0.29, 0.717) is 13.2 Å². The highest BCUT2D eigenvalue weighted by Crippen LogP contribution is 2.24. The molecule has 2 N–H and O–H groups in total. The van der Waals surface area contributed by atoms with Crippen molar-refractivity contribution in [3.05, 3.63) is 29.0 Å². The van der Waals surface area contributed by atoms with Crippen LogP contribution < -0.4 is 10.6 Å². The maximum Gasteiger partial charge on any atom is 0.227 e. The van der Waals surface area contributed by atoms with Crippen molar-refractivity contribution in [3.8, 4) is 0 Å². The summed E-state index contributed by atoms with van der Waals surface area (Å²) >= 11 is 5.82. The van der Waals surface area contributed by atoms with Crippen LogP contribution in [-0.4, -0.2) is 31.7 Å². The summed E-state index contributed by atoms with van der Waals surface area (Å²) in [7, 11) is 0. The Hall–Kier alpha value is -1.17. The van der Waals surface area contributed by atoms with Gasteiger partial charge in [0.15, 0.2) is 0 Å². The average molecular weight is 273 g/mol. The number of carbonyl (C=O) groups is 1. The number of rotatable bonds is 3. The molecule has 1 aliphatic rings. The number of halogens is 2. The molecule has 1 saturated heterocycles. The molecule has 0 aliphatic carbocycles. The minimum Gasteiger partial charge on any atom is -0.375 e. The second kappa shape index (κ2) is 6.13. The highest BCUT2D eigenvalue weighted by Gasteiger charge is 2.18. The summed E-state index contributed by atoms with van der Waals surface area (Å²) < 4.78 is 18.8. The van der Waals surface area contributed by atoms with E-state index in [9.17, 15) is 9.18 Å². The zero-order valence-corrected chi connectivity index (χ0v) is 10.5. The van der Waals surface area contributed by atoms with Crippen LogP contribution >= 0.6 is 11.6 Å². The van der Waals surface area contributed by atoms with E-state index < -0.39 is 5.82 Å². The van der Waals surface area contributed by atoms with Crippen molar-refractivity contribution in [2.24, 2.45) is 0 Å². The predicted octanol–water partition coefficient (Wildman–Crippen LogP) is 1.80. The second-order valence-electron chi connectivity index (χ2n) is 4.05. The first-order chi connectivity index (χ1) is 8.66. The predicted molar refractivity (Wildman–Crippen MR) is 67.3 cm³/mol. The minimum absolute atomic E-state index is 0.0212. The fourth-order valence-corrected chi connectivity index (χ4v) is 1.98. The molecule has 1 amide bonds. The fourth-order valence-electron chi connectivity index (χ4n) is 1.77. The van der Waals surface area contributed by atoms with E-state index in [-0.39, 0.29) is 29.1 Å². The van der Waals surface area contributed by atoms with Crippen LogP contribution in [0.4, 0.5) is 10.1 Å². The van der Waals surface area contributed by atoms with Crippen LogP contribution in [0.1, 0.15) is 6.42 Å². The van der Waals surface area contributed by atoms with Crippen molar-refractivity contribution in [2.75, 3.05) is 25.0 Å². The second-order valence-corrected chi connectivity index (χ2v) is 4.45. The van der Waals surface area contributed by atoms with Crippen LogP contribution in [0.3, 0.4) is 0 Å². The van der Waals surface area contributed by atoms with Crippen LogP contribution in [0, 0.1) is 5.82 Å². The third kappa shape index (κ3) is 3.41. The fraction of sp³-hybridized carbons (Fsp3) is 0.417. The highest BCUT2D eigenvalue weighted by atomic mass is 35.5. The Bertz CT molecular complexity index is 416. The number of hydrogen-bond acceptors (Lipinski definition) is 3.